The molecule has 0 atom stereocenters. The highest BCUT2D eigenvalue weighted by Crippen LogP contribution is 2.42. The molecule has 174 valence electrons. The average molecular weight is 462 g/mol. The van der Waals surface area contributed by atoms with Crippen LogP contribution in [0.2, 0.25) is 0 Å². The molecule has 34 heavy (non-hydrogen) atoms. The molecule has 1 amide bonds. The summed E-state index contributed by atoms with van der Waals surface area (Å²) in [6.07, 6.45) is 0. The minimum atomic E-state index is -0.683. The van der Waals surface area contributed by atoms with Crippen molar-refractivity contribution in [1.29, 1.82) is 0 Å². The van der Waals surface area contributed by atoms with Crippen molar-refractivity contribution >= 4 is 22.6 Å². The van der Waals surface area contributed by atoms with Crippen molar-refractivity contribution in [1.82, 2.24) is 4.57 Å². The molecule has 0 fully saturated rings. The average Bonchev–Trinajstić information content (AvgIpc) is 2.86. The van der Waals surface area contributed by atoms with Crippen molar-refractivity contribution in [2.24, 2.45) is 7.05 Å². The lowest BCUT2D eigenvalue weighted by Gasteiger charge is -2.20. The number of hydrogen-bond acceptors (Lipinski definition) is 5. The van der Waals surface area contributed by atoms with Crippen LogP contribution < -0.4 is 25.0 Å². The third kappa shape index (κ3) is 3.83. The van der Waals surface area contributed by atoms with E-state index in [9.17, 15) is 14.0 Å². The Morgan fingerprint density at radius 1 is 0.912 bits per heavy atom. The van der Waals surface area contributed by atoms with Gasteiger partial charge in [-0.3, -0.25) is 9.59 Å². The van der Waals surface area contributed by atoms with Gasteiger partial charge in [-0.25, -0.2) is 4.39 Å². The number of para-hydroxylation sites is 1. The summed E-state index contributed by atoms with van der Waals surface area (Å²) in [7, 11) is 6.15. The van der Waals surface area contributed by atoms with Crippen molar-refractivity contribution in [2.75, 3.05) is 26.6 Å². The molecule has 1 N–H and O–H groups in total. The molecule has 4 rings (SSSR count). The van der Waals surface area contributed by atoms with E-state index in [4.69, 9.17) is 14.2 Å². The molecule has 7 nitrogen and oxygen atoms in total. The number of nitrogens with one attached hydrogen (secondary N) is 1. The first-order chi connectivity index (χ1) is 16.4. The highest BCUT2D eigenvalue weighted by Gasteiger charge is 2.23. The minimum Gasteiger partial charge on any atom is -0.493 e. The van der Waals surface area contributed by atoms with E-state index in [1.54, 1.807) is 54.1 Å². The van der Waals surface area contributed by atoms with Crippen molar-refractivity contribution in [3.05, 3.63) is 82.3 Å². The van der Waals surface area contributed by atoms with Crippen molar-refractivity contribution in [3.63, 3.8) is 0 Å². The Hall–Kier alpha value is -4.33. The van der Waals surface area contributed by atoms with Crippen LogP contribution in [-0.4, -0.2) is 31.8 Å². The molecular weight excluding hydrogens is 439 g/mol. The fourth-order valence-electron chi connectivity index (χ4n) is 3.95. The highest BCUT2D eigenvalue weighted by molar-refractivity contribution is 6.07. The quantitative estimate of drug-likeness (QED) is 0.452. The Kier molecular flexibility index (Phi) is 6.23. The first-order valence-corrected chi connectivity index (χ1v) is 10.4. The van der Waals surface area contributed by atoms with Crippen LogP contribution >= 0.6 is 0 Å². The van der Waals surface area contributed by atoms with Crippen LogP contribution in [0.3, 0.4) is 0 Å². The van der Waals surface area contributed by atoms with Gasteiger partial charge in [-0.15, -0.1) is 0 Å². The van der Waals surface area contributed by atoms with Crippen LogP contribution in [0.5, 0.6) is 17.2 Å². The first kappa shape index (κ1) is 22.8. The molecule has 0 aliphatic heterocycles. The molecule has 8 heteroatoms. The zero-order valence-corrected chi connectivity index (χ0v) is 19.1. The van der Waals surface area contributed by atoms with E-state index < -0.39 is 11.7 Å². The lowest BCUT2D eigenvalue weighted by Crippen LogP contribution is -2.22. The molecule has 0 saturated carbocycles. The number of nitrogens with zero attached hydrogens (tertiary/aromatic N) is 1. The van der Waals surface area contributed by atoms with E-state index in [0.717, 1.165) is 0 Å². The SMILES string of the molecule is COc1cc(-c2c(NC(=O)c3ccccc3F)n(C)c3ccccc3c2=O)cc(OC)c1OC. The lowest BCUT2D eigenvalue weighted by molar-refractivity contribution is 0.102. The zero-order chi connectivity index (χ0) is 24.4. The predicted octanol–water partition coefficient (Wildman–Crippen LogP) is 4.62. The fraction of sp³-hybridized carbons (Fsp3) is 0.154. The second kappa shape index (κ2) is 9.27. The molecule has 0 unspecified atom stereocenters. The van der Waals surface area contributed by atoms with Gasteiger partial charge in [0, 0.05) is 12.4 Å². The van der Waals surface area contributed by atoms with Gasteiger partial charge >= 0.3 is 0 Å². The number of methoxy groups -OCH3 is 3. The number of carbonyl (C=O) groups excluding carboxylic acids is 1. The number of rotatable bonds is 6. The molecule has 1 heterocycles. The van der Waals surface area contributed by atoms with Gasteiger partial charge in [0.2, 0.25) is 5.75 Å². The van der Waals surface area contributed by atoms with E-state index in [0.29, 0.717) is 33.7 Å². The second-order valence-electron chi connectivity index (χ2n) is 7.48. The number of fused-ring (bicyclic) bond motifs is 1. The largest absolute Gasteiger partial charge is 0.493 e. The number of amides is 1. The number of aromatic nitrogens is 1. The fourth-order valence-corrected chi connectivity index (χ4v) is 3.95. The molecule has 0 aliphatic rings. The summed E-state index contributed by atoms with van der Waals surface area (Å²) in [6, 6.07) is 15.9. The topological polar surface area (TPSA) is 78.8 Å². The van der Waals surface area contributed by atoms with Gasteiger partial charge in [0.25, 0.3) is 5.91 Å². The zero-order valence-electron chi connectivity index (χ0n) is 19.1. The first-order valence-electron chi connectivity index (χ1n) is 10.4. The van der Waals surface area contributed by atoms with Gasteiger partial charge in [-0.1, -0.05) is 24.3 Å². The molecule has 0 saturated heterocycles. The van der Waals surface area contributed by atoms with Crippen LogP contribution in [-0.2, 0) is 7.05 Å². The summed E-state index contributed by atoms with van der Waals surface area (Å²) >= 11 is 0. The van der Waals surface area contributed by atoms with Crippen LogP contribution in [0, 0.1) is 5.82 Å². The smallest absolute Gasteiger partial charge is 0.259 e. The molecule has 1 aromatic heterocycles. The summed E-state index contributed by atoms with van der Waals surface area (Å²) in [5.41, 5.74) is 0.785. The molecule has 0 aliphatic carbocycles. The maximum absolute atomic E-state index is 14.3. The van der Waals surface area contributed by atoms with E-state index >= 15 is 0 Å². The van der Waals surface area contributed by atoms with Gasteiger partial charge in [-0.05, 0) is 42.0 Å². The summed E-state index contributed by atoms with van der Waals surface area (Å²) in [6.45, 7) is 0. The van der Waals surface area contributed by atoms with E-state index in [2.05, 4.69) is 5.32 Å². The number of ether oxygens (including phenoxy) is 3. The van der Waals surface area contributed by atoms with Gasteiger partial charge in [-0.2, -0.15) is 0 Å². The molecule has 0 bridgehead atoms. The Labute approximate surface area is 195 Å². The van der Waals surface area contributed by atoms with E-state index in [1.165, 1.54) is 39.5 Å². The van der Waals surface area contributed by atoms with Gasteiger partial charge in [0.15, 0.2) is 16.9 Å². The van der Waals surface area contributed by atoms with Crippen LogP contribution in [0.1, 0.15) is 10.4 Å². The van der Waals surface area contributed by atoms with Crippen molar-refractivity contribution in [3.8, 4) is 28.4 Å². The number of halogens is 1. The number of hydrogen-bond donors (Lipinski definition) is 1. The molecule has 0 spiro atoms. The normalized spacial score (nSPS) is 10.7. The van der Waals surface area contributed by atoms with Gasteiger partial charge in [0.05, 0.1) is 38.0 Å². The Balaban J connectivity index is 2.02. The summed E-state index contributed by atoms with van der Waals surface area (Å²) in [5, 5.41) is 3.20. The molecule has 0 radical (unpaired) electrons. The van der Waals surface area contributed by atoms with Crippen LogP contribution in [0.15, 0.2) is 65.5 Å². The third-order valence-electron chi connectivity index (χ3n) is 5.61. The maximum Gasteiger partial charge on any atom is 0.259 e. The number of pyridine rings is 1. The maximum atomic E-state index is 14.3. The number of anilines is 1. The molecule has 3 aromatic carbocycles. The number of aryl methyl sites for hydroxylation is 1. The second-order valence-corrected chi connectivity index (χ2v) is 7.48. The van der Waals surface area contributed by atoms with Crippen molar-refractivity contribution in [2.45, 2.75) is 0 Å². The Morgan fingerprint density at radius 3 is 2.15 bits per heavy atom. The highest BCUT2D eigenvalue weighted by atomic mass is 19.1. The summed E-state index contributed by atoms with van der Waals surface area (Å²) < 4.78 is 32.3. The van der Waals surface area contributed by atoms with E-state index in [1.807, 2.05) is 0 Å². The Morgan fingerprint density at radius 2 is 1.53 bits per heavy atom. The Bertz CT molecular complexity index is 1440. The summed E-state index contributed by atoms with van der Waals surface area (Å²) in [4.78, 5) is 26.7. The predicted molar refractivity (Wildman–Crippen MR) is 129 cm³/mol. The number of benzene rings is 3. The van der Waals surface area contributed by atoms with Crippen LogP contribution in [0.25, 0.3) is 22.0 Å². The number of carbonyl (C=O) groups is 1. The molecular formula is C26H23FN2O5. The minimum absolute atomic E-state index is 0.140. The van der Waals surface area contributed by atoms with Gasteiger partial charge < -0.3 is 24.1 Å². The standard InChI is InChI=1S/C26H23FN2O5/c1-29-19-12-8-6-10-17(19)23(30)22(15-13-20(32-2)24(34-4)21(14-15)33-3)25(29)28-26(31)16-9-5-7-11-18(16)27/h5-14H,1-4H3,(H,28,31). The van der Waals surface area contributed by atoms with Crippen molar-refractivity contribution < 1.29 is 23.4 Å². The van der Waals surface area contributed by atoms with Crippen LogP contribution in [0.4, 0.5) is 10.2 Å². The summed E-state index contributed by atoms with van der Waals surface area (Å²) in [5.74, 6) is -0.0939. The monoisotopic (exact) mass is 462 g/mol. The van der Waals surface area contributed by atoms with E-state index in [-0.39, 0.29) is 22.4 Å². The van der Waals surface area contributed by atoms with Gasteiger partial charge in [0.1, 0.15) is 11.6 Å². The molecule has 4 aromatic rings. The third-order valence-corrected chi connectivity index (χ3v) is 5.61. The lowest BCUT2D eigenvalue weighted by atomic mass is 10.0.